The summed E-state index contributed by atoms with van der Waals surface area (Å²) in [6.07, 6.45) is 3.44. The molecular formula is C25H26I2Zr. The molecule has 0 aromatic heterocycles. The van der Waals surface area contributed by atoms with Gasteiger partial charge in [0, 0.05) is 0 Å². The number of rotatable bonds is 1. The zero-order valence-corrected chi connectivity index (χ0v) is 23.9. The SMILES string of the molecule is CC1=[C-]C(C)(C)C(C)=C1C.[I-].[I-].[Zr+4].c1ccc(-c2cc3ccccc3[cH-]2)cc1. The molecule has 3 heteroatoms. The molecule has 1 aliphatic carbocycles. The molecule has 1 aliphatic rings. The molecular weight excluding hydrogens is 645 g/mol. The van der Waals surface area contributed by atoms with Crippen LogP contribution in [0.4, 0.5) is 0 Å². The van der Waals surface area contributed by atoms with E-state index in [2.05, 4.69) is 101 Å². The van der Waals surface area contributed by atoms with Crippen molar-refractivity contribution in [1.82, 2.24) is 0 Å². The van der Waals surface area contributed by atoms with Crippen molar-refractivity contribution >= 4 is 10.8 Å². The molecule has 0 unspecified atom stereocenters. The van der Waals surface area contributed by atoms with Gasteiger partial charge in [0.2, 0.25) is 0 Å². The first-order valence-corrected chi connectivity index (χ1v) is 8.89. The van der Waals surface area contributed by atoms with Gasteiger partial charge < -0.3 is 48.0 Å². The van der Waals surface area contributed by atoms with Crippen molar-refractivity contribution in [1.29, 1.82) is 0 Å². The van der Waals surface area contributed by atoms with Crippen LogP contribution < -0.4 is 48.0 Å². The second kappa shape index (κ2) is 11.9. The van der Waals surface area contributed by atoms with Crippen molar-refractivity contribution in [3.8, 4) is 11.1 Å². The van der Waals surface area contributed by atoms with Crippen LogP contribution in [0.5, 0.6) is 0 Å². The minimum atomic E-state index is 0. The third-order valence-electron chi connectivity index (χ3n) is 5.29. The Labute approximate surface area is 223 Å². The minimum absolute atomic E-state index is 0. The summed E-state index contributed by atoms with van der Waals surface area (Å²) in [4.78, 5) is 0. The smallest absolute Gasteiger partial charge is 1.00 e. The van der Waals surface area contributed by atoms with Gasteiger partial charge in [-0.1, -0.05) is 87.2 Å². The molecule has 0 amide bonds. The van der Waals surface area contributed by atoms with Crippen LogP contribution in [0.2, 0.25) is 0 Å². The molecule has 0 heterocycles. The van der Waals surface area contributed by atoms with E-state index in [4.69, 9.17) is 0 Å². The van der Waals surface area contributed by atoms with Gasteiger partial charge in [0.1, 0.15) is 0 Å². The number of fused-ring (bicyclic) bond motifs is 1. The number of benzene rings is 2. The fourth-order valence-electron chi connectivity index (χ4n) is 3.35. The van der Waals surface area contributed by atoms with Crippen LogP contribution >= 0.6 is 0 Å². The summed E-state index contributed by atoms with van der Waals surface area (Å²) in [7, 11) is 0. The summed E-state index contributed by atoms with van der Waals surface area (Å²) in [6, 6.07) is 23.4. The maximum Gasteiger partial charge on any atom is 4.00 e. The normalized spacial score (nSPS) is 14.1. The molecule has 0 atom stereocenters. The molecule has 0 aliphatic heterocycles. The van der Waals surface area contributed by atoms with Crippen molar-refractivity contribution in [2.75, 3.05) is 0 Å². The van der Waals surface area contributed by atoms with Gasteiger partial charge in [0.15, 0.2) is 0 Å². The number of hydrogen-bond donors (Lipinski definition) is 0. The van der Waals surface area contributed by atoms with Crippen LogP contribution in [0.15, 0.2) is 83.4 Å². The summed E-state index contributed by atoms with van der Waals surface area (Å²) in [6.45, 7) is 10.9. The Morgan fingerprint density at radius 2 is 1.39 bits per heavy atom. The average Bonchev–Trinajstić information content (AvgIpc) is 3.12. The van der Waals surface area contributed by atoms with Crippen molar-refractivity contribution in [3.05, 3.63) is 89.5 Å². The summed E-state index contributed by atoms with van der Waals surface area (Å²) < 4.78 is 0. The topological polar surface area (TPSA) is 0 Å². The molecule has 0 bridgehead atoms. The molecule has 0 nitrogen and oxygen atoms in total. The van der Waals surface area contributed by atoms with E-state index in [1.807, 2.05) is 6.07 Å². The monoisotopic (exact) mass is 670 g/mol. The molecule has 3 aromatic rings. The van der Waals surface area contributed by atoms with E-state index in [-0.39, 0.29) is 79.6 Å². The third kappa shape index (κ3) is 6.44. The zero-order valence-electron chi connectivity index (χ0n) is 17.1. The van der Waals surface area contributed by atoms with Crippen LogP contribution in [-0.4, -0.2) is 0 Å². The number of hydrogen-bond acceptors (Lipinski definition) is 0. The second-order valence-electron chi connectivity index (χ2n) is 7.36. The van der Waals surface area contributed by atoms with Gasteiger partial charge >= 0.3 is 26.2 Å². The van der Waals surface area contributed by atoms with Crippen LogP contribution in [0, 0.1) is 11.5 Å². The van der Waals surface area contributed by atoms with Crippen molar-refractivity contribution in [2.45, 2.75) is 34.6 Å². The van der Waals surface area contributed by atoms with Gasteiger partial charge in [-0.2, -0.15) is 11.1 Å². The number of allylic oxidation sites excluding steroid dienone is 4. The standard InChI is InChI=1S/C15H11.C10H15.2HI.Zr/c1-2-6-12(7-3-1)15-10-13-8-4-5-9-14(13)11-15;1-7-6-10(4,5)9(3)8(7)2;;;/h1-11H;1-5H3;2*1H;/q2*-1;;;+4/p-2. The summed E-state index contributed by atoms with van der Waals surface area (Å²) in [5, 5.41) is 2.63. The van der Waals surface area contributed by atoms with Crippen molar-refractivity contribution in [2.24, 2.45) is 5.41 Å². The maximum absolute atomic E-state index is 3.44. The van der Waals surface area contributed by atoms with E-state index >= 15 is 0 Å². The Bertz CT molecular complexity index is 914. The first-order valence-electron chi connectivity index (χ1n) is 8.89. The molecule has 4 rings (SSSR count). The van der Waals surface area contributed by atoms with E-state index in [1.54, 1.807) is 0 Å². The predicted octanol–water partition coefficient (Wildman–Crippen LogP) is 1.34. The van der Waals surface area contributed by atoms with Crippen LogP contribution in [0.25, 0.3) is 21.9 Å². The van der Waals surface area contributed by atoms with Gasteiger partial charge in [0.25, 0.3) is 0 Å². The molecule has 0 spiro atoms. The minimum Gasteiger partial charge on any atom is -1.00 e. The van der Waals surface area contributed by atoms with Crippen molar-refractivity contribution in [3.63, 3.8) is 0 Å². The first kappa shape index (κ1) is 27.9. The van der Waals surface area contributed by atoms with E-state index in [0.717, 1.165) is 0 Å². The summed E-state index contributed by atoms with van der Waals surface area (Å²) in [5.74, 6) is 0. The predicted molar refractivity (Wildman–Crippen MR) is 110 cm³/mol. The molecule has 3 aromatic carbocycles. The fourth-order valence-corrected chi connectivity index (χ4v) is 3.35. The fraction of sp³-hybridized carbons (Fsp3) is 0.240. The summed E-state index contributed by atoms with van der Waals surface area (Å²) in [5.41, 5.74) is 6.98. The van der Waals surface area contributed by atoms with Crippen molar-refractivity contribution < 1.29 is 74.2 Å². The molecule has 0 fully saturated rings. The second-order valence-corrected chi connectivity index (χ2v) is 7.36. The zero-order chi connectivity index (χ0) is 18.0. The maximum atomic E-state index is 3.44. The molecule has 0 radical (unpaired) electrons. The van der Waals surface area contributed by atoms with Crippen LogP contribution in [-0.2, 0) is 26.2 Å². The van der Waals surface area contributed by atoms with E-state index < -0.39 is 0 Å². The molecule has 0 N–H and O–H groups in total. The first-order chi connectivity index (χ1) is 11.9. The van der Waals surface area contributed by atoms with Crippen LogP contribution in [0.3, 0.4) is 0 Å². The van der Waals surface area contributed by atoms with Crippen LogP contribution in [0.1, 0.15) is 34.6 Å². The van der Waals surface area contributed by atoms with Gasteiger partial charge in [-0.3, -0.25) is 6.08 Å². The Hall–Kier alpha value is -0.127. The number of halogens is 2. The van der Waals surface area contributed by atoms with E-state index in [9.17, 15) is 0 Å². The Morgan fingerprint density at radius 1 is 0.821 bits per heavy atom. The van der Waals surface area contributed by atoms with Gasteiger partial charge in [-0.05, 0) is 0 Å². The van der Waals surface area contributed by atoms with Gasteiger partial charge in [-0.15, -0.1) is 41.5 Å². The third-order valence-corrected chi connectivity index (χ3v) is 5.29. The Balaban J connectivity index is 0.000000503. The van der Waals surface area contributed by atoms with E-state index in [0.29, 0.717) is 0 Å². The molecule has 28 heavy (non-hydrogen) atoms. The molecule has 0 saturated heterocycles. The Kier molecular flexibility index (Phi) is 11.9. The molecule has 0 saturated carbocycles. The largest absolute Gasteiger partial charge is 4.00 e. The average molecular weight is 672 g/mol. The quantitative estimate of drug-likeness (QED) is 0.271. The Morgan fingerprint density at radius 3 is 1.86 bits per heavy atom. The van der Waals surface area contributed by atoms with Gasteiger partial charge in [0.05, 0.1) is 0 Å². The summed E-state index contributed by atoms with van der Waals surface area (Å²) >= 11 is 0. The van der Waals surface area contributed by atoms with E-state index in [1.165, 1.54) is 38.6 Å². The molecule has 144 valence electrons. The van der Waals surface area contributed by atoms with Gasteiger partial charge in [-0.25, -0.2) is 5.57 Å².